The molecule has 0 aliphatic carbocycles. The zero-order valence-corrected chi connectivity index (χ0v) is 12.5. The first-order valence-corrected chi connectivity index (χ1v) is 7.68. The van der Waals surface area contributed by atoms with Crippen molar-refractivity contribution >= 4 is 22.5 Å². The summed E-state index contributed by atoms with van der Waals surface area (Å²) in [5.74, 6) is 0.157. The number of aromatic nitrogens is 2. The first-order valence-electron chi connectivity index (χ1n) is 7.68. The van der Waals surface area contributed by atoms with Crippen molar-refractivity contribution in [1.29, 1.82) is 0 Å². The molecule has 2 heterocycles. The Morgan fingerprint density at radius 2 is 1.95 bits per heavy atom. The third-order valence-electron chi connectivity index (χ3n) is 4.26. The van der Waals surface area contributed by atoms with E-state index in [9.17, 15) is 4.79 Å². The predicted octanol–water partition coefficient (Wildman–Crippen LogP) is 2.58. The number of benzene rings is 1. The zero-order valence-electron chi connectivity index (χ0n) is 12.5. The summed E-state index contributed by atoms with van der Waals surface area (Å²) in [4.78, 5) is 14.7. The van der Waals surface area contributed by atoms with E-state index in [1.165, 1.54) is 12.8 Å². The minimum atomic E-state index is -0.289. The molecule has 1 aliphatic heterocycles. The zero-order chi connectivity index (χ0) is 14.8. The van der Waals surface area contributed by atoms with Gasteiger partial charge in [-0.05, 0) is 38.0 Å². The van der Waals surface area contributed by atoms with Crippen LogP contribution in [0.25, 0.3) is 10.9 Å². The standard InChI is InChI=1S/C16H22N4O/c1-12(16(21)19-8-4-2-3-5-9-19)20-15-10-14(17)7-6-13(15)11-18-20/h6-7,10-12H,2-5,8-9,17H2,1H3. The minimum Gasteiger partial charge on any atom is -0.399 e. The average Bonchev–Trinajstić information content (AvgIpc) is 2.72. The monoisotopic (exact) mass is 286 g/mol. The van der Waals surface area contributed by atoms with Gasteiger partial charge in [0.05, 0.1) is 11.7 Å². The molecule has 0 spiro atoms. The smallest absolute Gasteiger partial charge is 0.247 e. The number of carbonyl (C=O) groups excluding carboxylic acids is 1. The van der Waals surface area contributed by atoms with Crippen LogP contribution < -0.4 is 5.73 Å². The van der Waals surface area contributed by atoms with Crippen molar-refractivity contribution in [3.05, 3.63) is 24.4 Å². The number of nitrogen functional groups attached to an aromatic ring is 1. The van der Waals surface area contributed by atoms with Gasteiger partial charge in [-0.15, -0.1) is 0 Å². The van der Waals surface area contributed by atoms with E-state index >= 15 is 0 Å². The van der Waals surface area contributed by atoms with Gasteiger partial charge in [-0.25, -0.2) is 0 Å². The van der Waals surface area contributed by atoms with E-state index in [4.69, 9.17) is 5.73 Å². The molecule has 112 valence electrons. The molecular weight excluding hydrogens is 264 g/mol. The van der Waals surface area contributed by atoms with Crippen LogP contribution in [0.5, 0.6) is 0 Å². The summed E-state index contributed by atoms with van der Waals surface area (Å²) >= 11 is 0. The maximum atomic E-state index is 12.7. The highest BCUT2D eigenvalue weighted by Gasteiger charge is 2.24. The van der Waals surface area contributed by atoms with E-state index in [0.29, 0.717) is 5.69 Å². The molecule has 5 heteroatoms. The molecule has 21 heavy (non-hydrogen) atoms. The molecule has 1 aromatic heterocycles. The molecule has 0 saturated carbocycles. The van der Waals surface area contributed by atoms with Gasteiger partial charge >= 0.3 is 0 Å². The number of fused-ring (bicyclic) bond motifs is 1. The molecule has 0 radical (unpaired) electrons. The Kier molecular flexibility index (Phi) is 3.82. The summed E-state index contributed by atoms with van der Waals surface area (Å²) in [6.07, 6.45) is 6.44. The fourth-order valence-corrected chi connectivity index (χ4v) is 3.02. The summed E-state index contributed by atoms with van der Waals surface area (Å²) in [7, 11) is 0. The van der Waals surface area contributed by atoms with E-state index in [2.05, 4.69) is 5.10 Å². The molecule has 2 N–H and O–H groups in total. The molecule has 5 nitrogen and oxygen atoms in total. The molecular formula is C16H22N4O. The summed E-state index contributed by atoms with van der Waals surface area (Å²) in [6.45, 7) is 3.65. The minimum absolute atomic E-state index is 0.157. The number of carbonyl (C=O) groups is 1. The molecule has 1 unspecified atom stereocenters. The first-order chi connectivity index (χ1) is 10.2. The summed E-state index contributed by atoms with van der Waals surface area (Å²) in [5.41, 5.74) is 7.47. The maximum absolute atomic E-state index is 12.7. The SMILES string of the molecule is CC(C(=O)N1CCCCCC1)n1ncc2ccc(N)cc21. The third kappa shape index (κ3) is 2.73. The number of amides is 1. The van der Waals surface area contributed by atoms with Crippen LogP contribution in [0.4, 0.5) is 5.69 Å². The van der Waals surface area contributed by atoms with Gasteiger partial charge < -0.3 is 10.6 Å². The van der Waals surface area contributed by atoms with Crippen molar-refractivity contribution in [3.8, 4) is 0 Å². The Morgan fingerprint density at radius 1 is 1.24 bits per heavy atom. The number of likely N-dealkylation sites (tertiary alicyclic amines) is 1. The second kappa shape index (κ2) is 5.76. The van der Waals surface area contributed by atoms with Crippen molar-refractivity contribution in [3.63, 3.8) is 0 Å². The molecule has 1 fully saturated rings. The van der Waals surface area contributed by atoms with Crippen molar-refractivity contribution in [2.24, 2.45) is 0 Å². The summed E-state index contributed by atoms with van der Waals surface area (Å²) < 4.78 is 1.79. The quantitative estimate of drug-likeness (QED) is 0.863. The van der Waals surface area contributed by atoms with Crippen LogP contribution in [0, 0.1) is 0 Å². The Morgan fingerprint density at radius 3 is 2.67 bits per heavy atom. The van der Waals surface area contributed by atoms with Crippen molar-refractivity contribution < 1.29 is 4.79 Å². The van der Waals surface area contributed by atoms with Crippen molar-refractivity contribution in [2.45, 2.75) is 38.6 Å². The van der Waals surface area contributed by atoms with Crippen LogP contribution in [0.1, 0.15) is 38.6 Å². The first kappa shape index (κ1) is 13.9. The molecule has 1 saturated heterocycles. The van der Waals surface area contributed by atoms with Crippen LogP contribution in [0.2, 0.25) is 0 Å². The number of hydrogen-bond donors (Lipinski definition) is 1. The van der Waals surface area contributed by atoms with E-state index in [0.717, 1.165) is 36.8 Å². The summed E-state index contributed by atoms with van der Waals surface area (Å²) in [5, 5.41) is 5.40. The normalized spacial score (nSPS) is 17.7. The Hall–Kier alpha value is -2.04. The van der Waals surface area contributed by atoms with E-state index < -0.39 is 0 Å². The van der Waals surface area contributed by atoms with E-state index in [-0.39, 0.29) is 11.9 Å². The largest absolute Gasteiger partial charge is 0.399 e. The van der Waals surface area contributed by atoms with Crippen molar-refractivity contribution in [2.75, 3.05) is 18.8 Å². The second-order valence-electron chi connectivity index (χ2n) is 5.82. The molecule has 3 rings (SSSR count). The van der Waals surface area contributed by atoms with Gasteiger partial charge in [0.15, 0.2) is 0 Å². The van der Waals surface area contributed by atoms with Gasteiger partial charge in [-0.1, -0.05) is 12.8 Å². The molecule has 0 bridgehead atoms. The topological polar surface area (TPSA) is 64.2 Å². The fraction of sp³-hybridized carbons (Fsp3) is 0.500. The molecule has 2 aromatic rings. The molecule has 1 aliphatic rings. The van der Waals surface area contributed by atoms with E-state index in [1.54, 1.807) is 10.9 Å². The van der Waals surface area contributed by atoms with Gasteiger partial charge in [0.25, 0.3) is 0 Å². The molecule has 1 atom stereocenters. The highest BCUT2D eigenvalue weighted by molar-refractivity contribution is 5.86. The van der Waals surface area contributed by atoms with Crippen LogP contribution in [-0.4, -0.2) is 33.7 Å². The average molecular weight is 286 g/mol. The Bertz CT molecular complexity index is 641. The second-order valence-corrected chi connectivity index (χ2v) is 5.82. The lowest BCUT2D eigenvalue weighted by molar-refractivity contribution is -0.134. The molecule has 1 aromatic carbocycles. The number of nitrogens with two attached hydrogens (primary N) is 1. The van der Waals surface area contributed by atoms with Gasteiger partial charge in [-0.2, -0.15) is 5.10 Å². The van der Waals surface area contributed by atoms with Gasteiger partial charge in [0.2, 0.25) is 5.91 Å². The van der Waals surface area contributed by atoms with Gasteiger partial charge in [0, 0.05) is 24.2 Å². The van der Waals surface area contributed by atoms with Crippen molar-refractivity contribution in [1.82, 2.24) is 14.7 Å². The lowest BCUT2D eigenvalue weighted by atomic mass is 10.2. The molecule has 1 amide bonds. The van der Waals surface area contributed by atoms with Crippen LogP contribution >= 0.6 is 0 Å². The number of rotatable bonds is 2. The van der Waals surface area contributed by atoms with Crippen LogP contribution in [0.3, 0.4) is 0 Å². The maximum Gasteiger partial charge on any atom is 0.247 e. The third-order valence-corrected chi connectivity index (χ3v) is 4.26. The highest BCUT2D eigenvalue weighted by atomic mass is 16.2. The van der Waals surface area contributed by atoms with Crippen LogP contribution in [-0.2, 0) is 4.79 Å². The summed E-state index contributed by atoms with van der Waals surface area (Å²) in [6, 6.07) is 5.39. The van der Waals surface area contributed by atoms with Gasteiger partial charge in [-0.3, -0.25) is 9.48 Å². The lowest BCUT2D eigenvalue weighted by Gasteiger charge is -2.24. The fourth-order valence-electron chi connectivity index (χ4n) is 3.02. The number of anilines is 1. The number of nitrogens with zero attached hydrogens (tertiary/aromatic N) is 3. The van der Waals surface area contributed by atoms with E-state index in [1.807, 2.05) is 30.0 Å². The van der Waals surface area contributed by atoms with Crippen LogP contribution in [0.15, 0.2) is 24.4 Å². The number of hydrogen-bond acceptors (Lipinski definition) is 3. The Labute approximate surface area is 124 Å². The Balaban J connectivity index is 1.87. The lowest BCUT2D eigenvalue weighted by Crippen LogP contribution is -2.37. The van der Waals surface area contributed by atoms with Gasteiger partial charge in [0.1, 0.15) is 6.04 Å². The predicted molar refractivity (Wildman–Crippen MR) is 83.9 cm³/mol. The highest BCUT2D eigenvalue weighted by Crippen LogP contribution is 2.22.